The molecule has 4 heterocycles. The van der Waals surface area contributed by atoms with E-state index in [1.807, 2.05) is 4.68 Å². The van der Waals surface area contributed by atoms with Gasteiger partial charge in [-0.15, -0.1) is 0 Å². The maximum atomic E-state index is 12.7. The van der Waals surface area contributed by atoms with Crippen molar-refractivity contribution in [3.63, 3.8) is 0 Å². The summed E-state index contributed by atoms with van der Waals surface area (Å²) in [6.07, 6.45) is 4.99. The Hall–Kier alpha value is -3.43. The standard InChI is InChI=1S/C17H18N6O4/c1-2-8-22-12-5-9-21(17(24)13-3-4-14(27-13)23(25)26)10-11(12)15(20-22)16-18-6-7-19-16/h3-4,6-7H,2,5,8-10H2,1H3,(H,18,19). The Morgan fingerprint density at radius 2 is 2.30 bits per heavy atom. The molecule has 1 aliphatic heterocycles. The molecule has 140 valence electrons. The average molecular weight is 370 g/mol. The highest BCUT2D eigenvalue weighted by atomic mass is 16.6. The van der Waals surface area contributed by atoms with Gasteiger partial charge in [0.2, 0.25) is 0 Å². The van der Waals surface area contributed by atoms with Gasteiger partial charge in [0.25, 0.3) is 5.91 Å². The van der Waals surface area contributed by atoms with Crippen molar-refractivity contribution in [1.29, 1.82) is 0 Å². The molecule has 0 bridgehead atoms. The fraction of sp³-hybridized carbons (Fsp3) is 0.353. The second-order valence-electron chi connectivity index (χ2n) is 6.31. The molecule has 1 aliphatic rings. The van der Waals surface area contributed by atoms with E-state index in [4.69, 9.17) is 9.52 Å². The van der Waals surface area contributed by atoms with Gasteiger partial charge in [0.15, 0.2) is 11.6 Å². The smallest absolute Gasteiger partial charge is 0.395 e. The highest BCUT2D eigenvalue weighted by molar-refractivity contribution is 5.92. The van der Waals surface area contributed by atoms with Gasteiger partial charge >= 0.3 is 5.88 Å². The molecule has 4 rings (SSSR count). The van der Waals surface area contributed by atoms with Crippen LogP contribution in [0, 0.1) is 10.1 Å². The molecule has 0 fully saturated rings. The summed E-state index contributed by atoms with van der Waals surface area (Å²) in [6.45, 7) is 3.72. The number of nitrogens with one attached hydrogen (secondary N) is 1. The highest BCUT2D eigenvalue weighted by Gasteiger charge is 2.31. The van der Waals surface area contributed by atoms with Crippen molar-refractivity contribution in [2.24, 2.45) is 0 Å². The molecule has 27 heavy (non-hydrogen) atoms. The first kappa shape index (κ1) is 17.0. The van der Waals surface area contributed by atoms with E-state index in [-0.39, 0.29) is 11.7 Å². The largest absolute Gasteiger partial charge is 0.433 e. The van der Waals surface area contributed by atoms with Crippen molar-refractivity contribution in [2.45, 2.75) is 32.9 Å². The Labute approximate surface area is 153 Å². The third-order valence-corrected chi connectivity index (χ3v) is 4.56. The Morgan fingerprint density at radius 3 is 2.96 bits per heavy atom. The monoisotopic (exact) mass is 370 g/mol. The number of nitrogens with zero attached hydrogens (tertiary/aromatic N) is 5. The number of aromatic nitrogens is 4. The number of aryl methyl sites for hydroxylation is 1. The number of carbonyl (C=O) groups excluding carboxylic acids is 1. The van der Waals surface area contributed by atoms with Crippen LogP contribution in [0.1, 0.15) is 35.2 Å². The van der Waals surface area contributed by atoms with Gasteiger partial charge in [-0.2, -0.15) is 5.10 Å². The third-order valence-electron chi connectivity index (χ3n) is 4.56. The number of hydrogen-bond donors (Lipinski definition) is 1. The van der Waals surface area contributed by atoms with Gasteiger partial charge < -0.3 is 14.3 Å². The van der Waals surface area contributed by atoms with E-state index in [9.17, 15) is 14.9 Å². The molecular weight excluding hydrogens is 352 g/mol. The van der Waals surface area contributed by atoms with Crippen LogP contribution in [0.25, 0.3) is 11.5 Å². The number of fused-ring (bicyclic) bond motifs is 1. The Morgan fingerprint density at radius 1 is 1.44 bits per heavy atom. The van der Waals surface area contributed by atoms with Gasteiger partial charge in [-0.3, -0.25) is 19.6 Å². The normalized spacial score (nSPS) is 13.6. The van der Waals surface area contributed by atoms with Crippen molar-refractivity contribution in [3.05, 3.63) is 51.7 Å². The summed E-state index contributed by atoms with van der Waals surface area (Å²) in [5, 5.41) is 15.5. The van der Waals surface area contributed by atoms with Crippen LogP contribution in [0.2, 0.25) is 0 Å². The molecule has 3 aromatic rings. The lowest BCUT2D eigenvalue weighted by Gasteiger charge is -2.27. The lowest BCUT2D eigenvalue weighted by molar-refractivity contribution is -0.402. The fourth-order valence-electron chi connectivity index (χ4n) is 3.34. The molecule has 0 aromatic carbocycles. The lowest BCUT2D eigenvalue weighted by atomic mass is 10.0. The molecule has 3 aromatic heterocycles. The Balaban J connectivity index is 1.65. The van der Waals surface area contributed by atoms with Crippen LogP contribution in [0.5, 0.6) is 0 Å². The zero-order valence-electron chi connectivity index (χ0n) is 14.7. The number of nitro groups is 1. The van der Waals surface area contributed by atoms with Crippen LogP contribution in [-0.4, -0.2) is 42.0 Å². The first-order valence-electron chi connectivity index (χ1n) is 8.70. The van der Waals surface area contributed by atoms with Crippen molar-refractivity contribution in [3.8, 4) is 11.5 Å². The summed E-state index contributed by atoms with van der Waals surface area (Å²) >= 11 is 0. The topological polar surface area (TPSA) is 123 Å². The average Bonchev–Trinajstić information content (AvgIpc) is 3.41. The molecule has 0 spiro atoms. The number of rotatable bonds is 5. The molecule has 10 heteroatoms. The Kier molecular flexibility index (Phi) is 4.22. The zero-order chi connectivity index (χ0) is 19.0. The van der Waals surface area contributed by atoms with Crippen molar-refractivity contribution in [1.82, 2.24) is 24.6 Å². The van der Waals surface area contributed by atoms with Gasteiger partial charge in [-0.1, -0.05) is 6.92 Å². The summed E-state index contributed by atoms with van der Waals surface area (Å²) in [4.78, 5) is 31.8. The molecule has 1 amide bonds. The quantitative estimate of drug-likeness (QED) is 0.543. The zero-order valence-corrected chi connectivity index (χ0v) is 14.7. The maximum Gasteiger partial charge on any atom is 0.433 e. The lowest BCUT2D eigenvalue weighted by Crippen LogP contribution is -2.36. The predicted molar refractivity (Wildman–Crippen MR) is 93.9 cm³/mol. The molecular formula is C17H18N6O4. The molecule has 0 saturated carbocycles. The minimum Gasteiger partial charge on any atom is -0.395 e. The summed E-state index contributed by atoms with van der Waals surface area (Å²) in [5.74, 6) is -0.194. The number of H-pyrrole nitrogens is 1. The maximum absolute atomic E-state index is 12.7. The SMILES string of the molecule is CCCn1nc(-c2ncc[nH]2)c2c1CCN(C(=O)c1ccc([N+](=O)[O-])o1)C2. The van der Waals surface area contributed by atoms with E-state index in [1.54, 1.807) is 17.3 Å². The van der Waals surface area contributed by atoms with Crippen LogP contribution < -0.4 is 0 Å². The summed E-state index contributed by atoms with van der Waals surface area (Å²) in [5.41, 5.74) is 2.77. The summed E-state index contributed by atoms with van der Waals surface area (Å²) < 4.78 is 7.04. The molecule has 0 radical (unpaired) electrons. The Bertz CT molecular complexity index is 987. The number of carbonyl (C=O) groups is 1. The van der Waals surface area contributed by atoms with Crippen molar-refractivity contribution < 1.29 is 14.1 Å². The molecule has 0 atom stereocenters. The number of aromatic amines is 1. The second-order valence-corrected chi connectivity index (χ2v) is 6.31. The van der Waals surface area contributed by atoms with Crippen molar-refractivity contribution in [2.75, 3.05) is 6.54 Å². The van der Waals surface area contributed by atoms with E-state index in [0.29, 0.717) is 25.3 Å². The molecule has 10 nitrogen and oxygen atoms in total. The second kappa shape index (κ2) is 6.71. The van der Waals surface area contributed by atoms with Gasteiger partial charge in [-0.05, 0) is 12.5 Å². The van der Waals surface area contributed by atoms with Crippen LogP contribution in [0.15, 0.2) is 28.9 Å². The number of amides is 1. The van der Waals surface area contributed by atoms with E-state index < -0.39 is 10.8 Å². The minimum atomic E-state index is -0.658. The van der Waals surface area contributed by atoms with E-state index in [2.05, 4.69) is 16.9 Å². The van der Waals surface area contributed by atoms with Crippen LogP contribution in [0.3, 0.4) is 0 Å². The van der Waals surface area contributed by atoms with E-state index in [0.717, 1.165) is 29.9 Å². The fourth-order valence-corrected chi connectivity index (χ4v) is 3.34. The third kappa shape index (κ3) is 2.98. The number of hydrogen-bond acceptors (Lipinski definition) is 6. The first-order chi connectivity index (χ1) is 13.1. The van der Waals surface area contributed by atoms with Crippen LogP contribution >= 0.6 is 0 Å². The summed E-state index contributed by atoms with van der Waals surface area (Å²) in [6, 6.07) is 2.53. The summed E-state index contributed by atoms with van der Waals surface area (Å²) in [7, 11) is 0. The molecule has 0 aliphatic carbocycles. The van der Waals surface area contributed by atoms with Crippen LogP contribution in [0.4, 0.5) is 5.88 Å². The van der Waals surface area contributed by atoms with Gasteiger partial charge in [0, 0.05) is 43.2 Å². The molecule has 0 saturated heterocycles. The predicted octanol–water partition coefficient (Wildman–Crippen LogP) is 2.38. The van der Waals surface area contributed by atoms with Crippen LogP contribution in [-0.2, 0) is 19.5 Å². The van der Waals surface area contributed by atoms with E-state index >= 15 is 0 Å². The molecule has 0 unspecified atom stereocenters. The number of furan rings is 1. The number of imidazole rings is 1. The minimum absolute atomic E-state index is 0.0364. The van der Waals surface area contributed by atoms with Crippen molar-refractivity contribution >= 4 is 11.8 Å². The van der Waals surface area contributed by atoms with Gasteiger partial charge in [0.1, 0.15) is 10.6 Å². The van der Waals surface area contributed by atoms with E-state index in [1.165, 1.54) is 12.1 Å². The van der Waals surface area contributed by atoms with Gasteiger partial charge in [0.05, 0.1) is 12.6 Å². The molecule has 1 N–H and O–H groups in total. The van der Waals surface area contributed by atoms with Gasteiger partial charge in [-0.25, -0.2) is 4.98 Å². The first-order valence-corrected chi connectivity index (χ1v) is 8.70. The highest BCUT2D eigenvalue weighted by Crippen LogP contribution is 2.29.